The highest BCUT2D eigenvalue weighted by atomic mass is 79.9. The molecule has 0 fully saturated rings. The van der Waals surface area contributed by atoms with Crippen LogP contribution in [0.4, 0.5) is 0 Å². The number of benzene rings is 1. The van der Waals surface area contributed by atoms with E-state index in [0.29, 0.717) is 6.42 Å². The molecule has 0 saturated carbocycles. The highest BCUT2D eigenvalue weighted by Crippen LogP contribution is 2.16. The van der Waals surface area contributed by atoms with Crippen LogP contribution in [0.2, 0.25) is 0 Å². The summed E-state index contributed by atoms with van der Waals surface area (Å²) in [5.74, 6) is 1.68. The van der Waals surface area contributed by atoms with Gasteiger partial charge in [-0.3, -0.25) is 4.79 Å². The van der Waals surface area contributed by atoms with E-state index in [1.54, 1.807) is 0 Å². The Labute approximate surface area is 127 Å². The predicted octanol–water partition coefficient (Wildman–Crippen LogP) is 4.16. The Morgan fingerprint density at radius 2 is 2.15 bits per heavy atom. The fraction of sp³-hybridized carbons (Fsp3) is 0.312. The van der Waals surface area contributed by atoms with Crippen LogP contribution in [0.5, 0.6) is 0 Å². The molecular formula is C16H18BrNO2. The van der Waals surface area contributed by atoms with Crippen LogP contribution in [0.3, 0.4) is 0 Å². The van der Waals surface area contributed by atoms with Gasteiger partial charge in [-0.05, 0) is 50.1 Å². The van der Waals surface area contributed by atoms with Crippen molar-refractivity contribution in [3.05, 3.63) is 58.0 Å². The van der Waals surface area contributed by atoms with Gasteiger partial charge in [0, 0.05) is 10.9 Å². The maximum atomic E-state index is 11.9. The first kappa shape index (κ1) is 14.9. The van der Waals surface area contributed by atoms with Crippen LogP contribution >= 0.6 is 15.9 Å². The van der Waals surface area contributed by atoms with E-state index in [1.165, 1.54) is 0 Å². The maximum absolute atomic E-state index is 11.9. The third-order valence-electron chi connectivity index (χ3n) is 3.10. The number of aryl methyl sites for hydroxylation is 2. The van der Waals surface area contributed by atoms with Gasteiger partial charge in [-0.2, -0.15) is 0 Å². The molecule has 2 aromatic rings. The van der Waals surface area contributed by atoms with E-state index in [0.717, 1.165) is 28.0 Å². The largest absolute Gasteiger partial charge is 0.464 e. The summed E-state index contributed by atoms with van der Waals surface area (Å²) in [5.41, 5.74) is 1.15. The minimum atomic E-state index is -0.0984. The highest BCUT2D eigenvalue weighted by molar-refractivity contribution is 9.10. The molecule has 1 heterocycles. The molecule has 2 rings (SSSR count). The van der Waals surface area contributed by atoms with Crippen molar-refractivity contribution >= 4 is 21.8 Å². The van der Waals surface area contributed by atoms with E-state index >= 15 is 0 Å². The number of furan rings is 1. The van der Waals surface area contributed by atoms with Crippen LogP contribution in [-0.2, 0) is 11.2 Å². The second-order valence-electron chi connectivity index (χ2n) is 4.87. The van der Waals surface area contributed by atoms with Crippen LogP contribution in [0.15, 0.2) is 45.3 Å². The minimum absolute atomic E-state index is 0.0338. The zero-order valence-electron chi connectivity index (χ0n) is 11.7. The lowest BCUT2D eigenvalue weighted by atomic mass is 10.1. The molecule has 1 unspecified atom stereocenters. The van der Waals surface area contributed by atoms with Gasteiger partial charge in [0.2, 0.25) is 5.91 Å². The monoisotopic (exact) mass is 335 g/mol. The zero-order valence-corrected chi connectivity index (χ0v) is 13.2. The summed E-state index contributed by atoms with van der Waals surface area (Å²) in [7, 11) is 0. The number of carbonyl (C=O) groups excluding carboxylic acids is 1. The molecule has 20 heavy (non-hydrogen) atoms. The van der Waals surface area contributed by atoms with Gasteiger partial charge in [-0.15, -0.1) is 0 Å². The predicted molar refractivity (Wildman–Crippen MR) is 82.5 cm³/mol. The van der Waals surface area contributed by atoms with Gasteiger partial charge in [0.05, 0.1) is 6.04 Å². The highest BCUT2D eigenvalue weighted by Gasteiger charge is 2.12. The summed E-state index contributed by atoms with van der Waals surface area (Å²) in [6.07, 6.45) is 1.20. The molecule has 1 amide bonds. The number of hydrogen-bond donors (Lipinski definition) is 1. The summed E-state index contributed by atoms with van der Waals surface area (Å²) in [6, 6.07) is 11.7. The quantitative estimate of drug-likeness (QED) is 0.891. The first-order valence-electron chi connectivity index (χ1n) is 6.65. The molecule has 0 radical (unpaired) electrons. The number of amides is 1. The molecule has 1 N–H and O–H groups in total. The molecule has 0 saturated heterocycles. The maximum Gasteiger partial charge on any atom is 0.220 e. The van der Waals surface area contributed by atoms with Crippen LogP contribution in [0.25, 0.3) is 0 Å². The van der Waals surface area contributed by atoms with E-state index in [-0.39, 0.29) is 11.9 Å². The SMILES string of the molecule is Cc1ccc(C(C)NC(=O)CCc2cccc(Br)c2)o1. The van der Waals surface area contributed by atoms with Crippen LogP contribution in [0, 0.1) is 6.92 Å². The van der Waals surface area contributed by atoms with Crippen molar-refractivity contribution in [1.29, 1.82) is 0 Å². The van der Waals surface area contributed by atoms with Gasteiger partial charge in [-0.25, -0.2) is 0 Å². The van der Waals surface area contributed by atoms with E-state index in [9.17, 15) is 4.79 Å². The first-order chi connectivity index (χ1) is 9.54. The van der Waals surface area contributed by atoms with Crippen molar-refractivity contribution in [2.45, 2.75) is 32.7 Å². The molecule has 0 aliphatic carbocycles. The average Bonchev–Trinajstić information content (AvgIpc) is 2.83. The van der Waals surface area contributed by atoms with Crippen LogP contribution < -0.4 is 5.32 Å². The first-order valence-corrected chi connectivity index (χ1v) is 7.44. The smallest absolute Gasteiger partial charge is 0.220 e. The third kappa shape index (κ3) is 4.23. The van der Waals surface area contributed by atoms with Crippen molar-refractivity contribution in [3.8, 4) is 0 Å². The van der Waals surface area contributed by atoms with Crippen molar-refractivity contribution < 1.29 is 9.21 Å². The topological polar surface area (TPSA) is 42.2 Å². The van der Waals surface area contributed by atoms with Crippen molar-refractivity contribution in [3.63, 3.8) is 0 Å². The Kier molecular flexibility index (Phi) is 5.01. The Hall–Kier alpha value is -1.55. The Bertz CT molecular complexity index is 592. The fourth-order valence-corrected chi connectivity index (χ4v) is 2.47. The van der Waals surface area contributed by atoms with Gasteiger partial charge in [0.25, 0.3) is 0 Å². The van der Waals surface area contributed by atoms with E-state index in [4.69, 9.17) is 4.42 Å². The Balaban J connectivity index is 1.83. The van der Waals surface area contributed by atoms with Crippen molar-refractivity contribution in [2.24, 2.45) is 0 Å². The van der Waals surface area contributed by atoms with Crippen molar-refractivity contribution in [2.75, 3.05) is 0 Å². The number of rotatable bonds is 5. The normalized spacial score (nSPS) is 12.2. The molecule has 0 spiro atoms. The van der Waals surface area contributed by atoms with Crippen LogP contribution in [0.1, 0.15) is 36.5 Å². The molecule has 0 aliphatic rings. The fourth-order valence-electron chi connectivity index (χ4n) is 2.02. The molecule has 1 aromatic carbocycles. The number of nitrogens with one attached hydrogen (secondary N) is 1. The van der Waals surface area contributed by atoms with E-state index < -0.39 is 0 Å². The number of halogens is 1. The lowest BCUT2D eigenvalue weighted by Gasteiger charge is -2.11. The second-order valence-corrected chi connectivity index (χ2v) is 5.78. The van der Waals surface area contributed by atoms with Gasteiger partial charge < -0.3 is 9.73 Å². The molecule has 106 valence electrons. The van der Waals surface area contributed by atoms with Crippen LogP contribution in [-0.4, -0.2) is 5.91 Å². The van der Waals surface area contributed by atoms with Gasteiger partial charge >= 0.3 is 0 Å². The van der Waals surface area contributed by atoms with E-state index in [1.807, 2.05) is 50.2 Å². The summed E-state index contributed by atoms with van der Waals surface area (Å²) < 4.78 is 6.54. The Morgan fingerprint density at radius 3 is 2.80 bits per heavy atom. The Morgan fingerprint density at radius 1 is 1.35 bits per heavy atom. The lowest BCUT2D eigenvalue weighted by molar-refractivity contribution is -0.121. The molecular weight excluding hydrogens is 318 g/mol. The lowest BCUT2D eigenvalue weighted by Crippen LogP contribution is -2.26. The standard InChI is InChI=1S/C16H18BrNO2/c1-11-6-8-15(20-11)12(2)18-16(19)9-7-13-4-3-5-14(17)10-13/h3-6,8,10,12H,7,9H2,1-2H3,(H,18,19). The molecule has 1 atom stereocenters. The molecule has 0 bridgehead atoms. The summed E-state index contributed by atoms with van der Waals surface area (Å²) in [4.78, 5) is 11.9. The minimum Gasteiger partial charge on any atom is -0.464 e. The van der Waals surface area contributed by atoms with Gasteiger partial charge in [0.1, 0.15) is 11.5 Å². The second kappa shape index (κ2) is 6.75. The summed E-state index contributed by atoms with van der Waals surface area (Å²) in [5, 5.41) is 2.95. The average molecular weight is 336 g/mol. The summed E-state index contributed by atoms with van der Waals surface area (Å²) in [6.45, 7) is 3.82. The van der Waals surface area contributed by atoms with Gasteiger partial charge in [0.15, 0.2) is 0 Å². The molecule has 3 nitrogen and oxygen atoms in total. The molecule has 1 aromatic heterocycles. The van der Waals surface area contributed by atoms with Gasteiger partial charge in [-0.1, -0.05) is 28.1 Å². The number of carbonyl (C=O) groups is 1. The summed E-state index contributed by atoms with van der Waals surface area (Å²) >= 11 is 3.43. The zero-order chi connectivity index (χ0) is 14.5. The third-order valence-corrected chi connectivity index (χ3v) is 3.59. The number of hydrogen-bond acceptors (Lipinski definition) is 2. The molecule has 4 heteroatoms. The van der Waals surface area contributed by atoms with Crippen molar-refractivity contribution in [1.82, 2.24) is 5.32 Å². The molecule has 0 aliphatic heterocycles. The van der Waals surface area contributed by atoms with E-state index in [2.05, 4.69) is 21.2 Å².